The van der Waals surface area contributed by atoms with Crippen LogP contribution in [0.3, 0.4) is 0 Å². The quantitative estimate of drug-likeness (QED) is 0.334. The molecule has 0 amide bonds. The lowest BCUT2D eigenvalue weighted by Crippen LogP contribution is -2.02. The molecule has 0 radical (unpaired) electrons. The zero-order valence-corrected chi connectivity index (χ0v) is 13.8. The zero-order chi connectivity index (χ0) is 15.2. The van der Waals surface area contributed by atoms with Gasteiger partial charge in [0.1, 0.15) is 0 Å². The minimum Gasteiger partial charge on any atom is -0.478 e. The van der Waals surface area contributed by atoms with Gasteiger partial charge in [0, 0.05) is 5.57 Å². The van der Waals surface area contributed by atoms with E-state index in [1.807, 2.05) is 6.08 Å². The molecule has 2 nitrogen and oxygen atoms in total. The highest BCUT2D eigenvalue weighted by Gasteiger charge is 2.08. The second kappa shape index (κ2) is 13.2. The van der Waals surface area contributed by atoms with Crippen LogP contribution in [0, 0.1) is 5.92 Å². The van der Waals surface area contributed by atoms with Gasteiger partial charge in [0.25, 0.3) is 0 Å². The first-order valence-electron chi connectivity index (χ1n) is 8.53. The molecule has 20 heavy (non-hydrogen) atoms. The Morgan fingerprint density at radius 1 is 0.900 bits per heavy atom. The summed E-state index contributed by atoms with van der Waals surface area (Å²) in [6.45, 7) is 6.13. The van der Waals surface area contributed by atoms with E-state index in [-0.39, 0.29) is 0 Å². The predicted molar refractivity (Wildman–Crippen MR) is 87.0 cm³/mol. The summed E-state index contributed by atoms with van der Waals surface area (Å²) >= 11 is 0. The minimum absolute atomic E-state index is 0.455. The average molecular weight is 282 g/mol. The van der Waals surface area contributed by atoms with E-state index in [0.717, 1.165) is 19.3 Å². The maximum Gasteiger partial charge on any atom is 0.330 e. The maximum atomic E-state index is 10.9. The van der Waals surface area contributed by atoms with E-state index in [9.17, 15) is 4.79 Å². The van der Waals surface area contributed by atoms with Crippen molar-refractivity contribution >= 4 is 5.97 Å². The Balaban J connectivity index is 3.76. The van der Waals surface area contributed by atoms with Gasteiger partial charge in [-0.3, -0.25) is 0 Å². The molecule has 0 fully saturated rings. The van der Waals surface area contributed by atoms with Crippen molar-refractivity contribution in [2.75, 3.05) is 0 Å². The largest absolute Gasteiger partial charge is 0.478 e. The van der Waals surface area contributed by atoms with Crippen molar-refractivity contribution in [3.05, 3.63) is 11.6 Å². The molecule has 2 heteroatoms. The average Bonchev–Trinajstić information content (AvgIpc) is 2.41. The third-order valence-electron chi connectivity index (χ3n) is 3.91. The van der Waals surface area contributed by atoms with Crippen molar-refractivity contribution in [2.45, 2.75) is 91.4 Å². The van der Waals surface area contributed by atoms with Gasteiger partial charge in [0.05, 0.1) is 0 Å². The Bertz CT molecular complexity index is 269. The van der Waals surface area contributed by atoms with Crippen LogP contribution in [0.4, 0.5) is 0 Å². The third kappa shape index (κ3) is 11.1. The molecule has 0 spiro atoms. The zero-order valence-electron chi connectivity index (χ0n) is 13.8. The summed E-state index contributed by atoms with van der Waals surface area (Å²) in [6.07, 6.45) is 16.0. The number of hydrogen-bond acceptors (Lipinski definition) is 1. The number of rotatable bonds is 13. The fourth-order valence-corrected chi connectivity index (χ4v) is 2.65. The Hall–Kier alpha value is -0.790. The van der Waals surface area contributed by atoms with E-state index in [1.54, 1.807) is 6.92 Å². The van der Waals surface area contributed by atoms with Crippen molar-refractivity contribution in [3.8, 4) is 0 Å². The van der Waals surface area contributed by atoms with Gasteiger partial charge in [-0.2, -0.15) is 0 Å². The van der Waals surface area contributed by atoms with Gasteiger partial charge >= 0.3 is 5.97 Å². The SMILES string of the molecule is CCCCCCCCCCC(C=C(C)C(=O)O)CCC. The minimum atomic E-state index is -0.776. The molecule has 0 saturated heterocycles. The highest BCUT2D eigenvalue weighted by molar-refractivity contribution is 5.85. The molecule has 0 aliphatic carbocycles. The Morgan fingerprint density at radius 2 is 1.45 bits per heavy atom. The molecule has 1 unspecified atom stereocenters. The van der Waals surface area contributed by atoms with Crippen LogP contribution in [0.5, 0.6) is 0 Å². The summed E-state index contributed by atoms with van der Waals surface area (Å²) < 4.78 is 0. The predicted octanol–water partition coefficient (Wildman–Crippen LogP) is 5.96. The maximum absolute atomic E-state index is 10.9. The van der Waals surface area contributed by atoms with Gasteiger partial charge in [-0.1, -0.05) is 77.7 Å². The Labute approximate surface area is 125 Å². The standard InChI is InChI=1S/C18H34O2/c1-4-6-7-8-9-10-11-12-14-17(13-5-2)15-16(3)18(19)20/h15,17H,4-14H2,1-3H3,(H,19,20). The van der Waals surface area contributed by atoms with Crippen LogP contribution >= 0.6 is 0 Å². The van der Waals surface area contributed by atoms with Gasteiger partial charge in [-0.15, -0.1) is 0 Å². The van der Waals surface area contributed by atoms with E-state index in [1.165, 1.54) is 51.4 Å². The van der Waals surface area contributed by atoms with Crippen LogP contribution < -0.4 is 0 Å². The van der Waals surface area contributed by atoms with Crippen LogP contribution in [0.15, 0.2) is 11.6 Å². The molecule has 0 rings (SSSR count). The monoisotopic (exact) mass is 282 g/mol. The van der Waals surface area contributed by atoms with Gasteiger partial charge in [-0.05, 0) is 25.7 Å². The second-order valence-corrected chi connectivity index (χ2v) is 5.97. The molecule has 1 N–H and O–H groups in total. The highest BCUT2D eigenvalue weighted by Crippen LogP contribution is 2.20. The lowest BCUT2D eigenvalue weighted by atomic mass is 9.94. The smallest absolute Gasteiger partial charge is 0.330 e. The summed E-state index contributed by atoms with van der Waals surface area (Å²) in [5.74, 6) is -0.321. The molecule has 0 heterocycles. The molecule has 0 bridgehead atoms. The van der Waals surface area contributed by atoms with Crippen molar-refractivity contribution in [3.63, 3.8) is 0 Å². The highest BCUT2D eigenvalue weighted by atomic mass is 16.4. The lowest BCUT2D eigenvalue weighted by Gasteiger charge is -2.12. The number of carboxylic acid groups (broad SMARTS) is 1. The van der Waals surface area contributed by atoms with Crippen molar-refractivity contribution in [1.29, 1.82) is 0 Å². The summed E-state index contributed by atoms with van der Waals surface area (Å²) in [7, 11) is 0. The summed E-state index contributed by atoms with van der Waals surface area (Å²) in [6, 6.07) is 0. The fraction of sp³-hybridized carbons (Fsp3) is 0.833. The van der Waals surface area contributed by atoms with E-state index in [2.05, 4.69) is 13.8 Å². The number of aliphatic carboxylic acids is 1. The van der Waals surface area contributed by atoms with Crippen molar-refractivity contribution < 1.29 is 9.90 Å². The molecule has 1 atom stereocenters. The summed E-state index contributed by atoms with van der Waals surface area (Å²) in [5, 5.41) is 8.94. The van der Waals surface area contributed by atoms with Gasteiger partial charge in [0.15, 0.2) is 0 Å². The van der Waals surface area contributed by atoms with Gasteiger partial charge < -0.3 is 5.11 Å². The Morgan fingerprint density at radius 3 is 1.95 bits per heavy atom. The molecule has 118 valence electrons. The molecular formula is C18H34O2. The third-order valence-corrected chi connectivity index (χ3v) is 3.91. The van der Waals surface area contributed by atoms with E-state index >= 15 is 0 Å². The van der Waals surface area contributed by atoms with Gasteiger partial charge in [-0.25, -0.2) is 4.79 Å². The molecule has 0 aliphatic heterocycles. The molecule has 0 aliphatic rings. The number of carboxylic acids is 1. The summed E-state index contributed by atoms with van der Waals surface area (Å²) in [5.41, 5.74) is 0.503. The fourth-order valence-electron chi connectivity index (χ4n) is 2.65. The molecular weight excluding hydrogens is 248 g/mol. The van der Waals surface area contributed by atoms with Crippen LogP contribution in [0.2, 0.25) is 0 Å². The molecule has 0 aromatic heterocycles. The summed E-state index contributed by atoms with van der Waals surface area (Å²) in [4.78, 5) is 10.9. The van der Waals surface area contributed by atoms with Crippen LogP contribution in [0.25, 0.3) is 0 Å². The van der Waals surface area contributed by atoms with Crippen molar-refractivity contribution in [1.82, 2.24) is 0 Å². The van der Waals surface area contributed by atoms with Gasteiger partial charge in [0.2, 0.25) is 0 Å². The second-order valence-electron chi connectivity index (χ2n) is 5.97. The van der Waals surface area contributed by atoms with E-state index in [0.29, 0.717) is 11.5 Å². The first-order chi connectivity index (χ1) is 9.61. The van der Waals surface area contributed by atoms with Crippen molar-refractivity contribution in [2.24, 2.45) is 5.92 Å². The normalized spacial score (nSPS) is 13.4. The number of allylic oxidation sites excluding steroid dienone is 1. The topological polar surface area (TPSA) is 37.3 Å². The number of hydrogen-bond donors (Lipinski definition) is 1. The molecule has 0 aromatic rings. The Kier molecular flexibility index (Phi) is 12.7. The van der Waals surface area contributed by atoms with E-state index < -0.39 is 5.97 Å². The number of unbranched alkanes of at least 4 members (excludes halogenated alkanes) is 7. The molecule has 0 aromatic carbocycles. The van der Waals surface area contributed by atoms with Crippen LogP contribution in [-0.2, 0) is 4.79 Å². The lowest BCUT2D eigenvalue weighted by molar-refractivity contribution is -0.132. The van der Waals surface area contributed by atoms with Crippen LogP contribution in [0.1, 0.15) is 91.4 Å². The van der Waals surface area contributed by atoms with E-state index in [4.69, 9.17) is 5.11 Å². The first kappa shape index (κ1) is 19.2. The molecule has 0 saturated carbocycles. The van der Waals surface area contributed by atoms with Crippen LogP contribution in [-0.4, -0.2) is 11.1 Å². The number of carbonyl (C=O) groups is 1. The first-order valence-corrected chi connectivity index (χ1v) is 8.53.